The number of hydrogen-bond acceptors (Lipinski definition) is 11. The number of carboxylic acid groups (broad SMARTS) is 1. The number of carbonyl (C=O) groups is 1. The van der Waals surface area contributed by atoms with Crippen molar-refractivity contribution in [2.75, 3.05) is 6.61 Å². The molecule has 2 fully saturated rings. The maximum atomic E-state index is 10.9. The fourth-order valence-electron chi connectivity index (χ4n) is 3.80. The van der Waals surface area contributed by atoms with Crippen LogP contribution in [0.15, 0.2) is 0 Å². The van der Waals surface area contributed by atoms with Gasteiger partial charge in [-0.25, -0.2) is 0 Å². The number of rotatable bonds is 11. The SMILES string of the molecule is CC[C@H](C)[C@H](C[C@H](O)CC(=O)O)O[C@@H]1O[C@@H](CO)[C@H](O)[C@H]1O[C@@H]1O[C@@H](C)[C@H](O)[C@@H](O)[C@H]1O. The van der Waals surface area contributed by atoms with Gasteiger partial charge < -0.3 is 54.7 Å². The zero-order chi connectivity index (χ0) is 24.2. The molecule has 7 N–H and O–H groups in total. The minimum Gasteiger partial charge on any atom is -0.481 e. The molecule has 2 aliphatic heterocycles. The van der Waals surface area contributed by atoms with E-state index >= 15 is 0 Å². The van der Waals surface area contributed by atoms with Gasteiger partial charge in [0.15, 0.2) is 12.6 Å². The van der Waals surface area contributed by atoms with Crippen molar-refractivity contribution in [1.82, 2.24) is 0 Å². The van der Waals surface area contributed by atoms with Crippen LogP contribution in [-0.2, 0) is 23.7 Å². The van der Waals surface area contributed by atoms with Gasteiger partial charge in [0.2, 0.25) is 0 Å². The summed E-state index contributed by atoms with van der Waals surface area (Å²) in [6.45, 7) is 4.66. The van der Waals surface area contributed by atoms with E-state index in [0.29, 0.717) is 6.42 Å². The Labute approximate surface area is 186 Å². The lowest BCUT2D eigenvalue weighted by atomic mass is 9.95. The smallest absolute Gasteiger partial charge is 0.305 e. The van der Waals surface area contributed by atoms with Crippen LogP contribution in [0.25, 0.3) is 0 Å². The lowest BCUT2D eigenvalue weighted by Crippen LogP contribution is -2.59. The minimum atomic E-state index is -1.62. The minimum absolute atomic E-state index is 0.0156. The number of hydrogen-bond donors (Lipinski definition) is 7. The summed E-state index contributed by atoms with van der Waals surface area (Å²) >= 11 is 0. The summed E-state index contributed by atoms with van der Waals surface area (Å²) in [7, 11) is 0. The predicted molar refractivity (Wildman–Crippen MR) is 106 cm³/mol. The molecule has 0 bridgehead atoms. The molecule has 0 radical (unpaired) electrons. The molecular weight excluding hydrogens is 432 g/mol. The molecule has 0 aromatic heterocycles. The van der Waals surface area contributed by atoms with E-state index in [1.54, 1.807) is 0 Å². The standard InChI is InChI=1S/C20H36O12/c1-4-8(2)11(5-10(22)6-13(23)24)30-20-18(15(26)12(7-21)31-20)32-19-17(28)16(27)14(25)9(3)29-19/h8-12,14-22,25-28H,4-7H2,1-3H3,(H,23,24)/t8-,9-,10-,11-,12-,14-,15-,16+,17+,18+,19-,20+/m0/s1. The highest BCUT2D eigenvalue weighted by Gasteiger charge is 2.51. The topological polar surface area (TPSA) is 196 Å². The molecule has 12 heteroatoms. The van der Waals surface area contributed by atoms with Gasteiger partial charge in [-0.3, -0.25) is 4.79 Å². The highest BCUT2D eigenvalue weighted by Crippen LogP contribution is 2.32. The van der Waals surface area contributed by atoms with Crippen LogP contribution in [0.3, 0.4) is 0 Å². The van der Waals surface area contributed by atoms with Crippen LogP contribution < -0.4 is 0 Å². The normalized spacial score (nSPS) is 40.7. The van der Waals surface area contributed by atoms with Gasteiger partial charge in [0.05, 0.1) is 31.3 Å². The van der Waals surface area contributed by atoms with E-state index in [2.05, 4.69) is 0 Å². The van der Waals surface area contributed by atoms with Crippen molar-refractivity contribution >= 4 is 5.97 Å². The van der Waals surface area contributed by atoms with E-state index in [0.717, 1.165) is 0 Å². The van der Waals surface area contributed by atoms with Gasteiger partial charge in [-0.1, -0.05) is 20.3 Å². The van der Waals surface area contributed by atoms with Gasteiger partial charge in [-0.15, -0.1) is 0 Å². The van der Waals surface area contributed by atoms with E-state index in [-0.39, 0.29) is 12.3 Å². The Hall–Kier alpha value is -0.930. The molecule has 2 saturated heterocycles. The number of aliphatic carboxylic acids is 1. The Morgan fingerprint density at radius 2 is 1.69 bits per heavy atom. The Morgan fingerprint density at radius 1 is 1.03 bits per heavy atom. The number of carboxylic acids is 1. The molecule has 2 heterocycles. The highest BCUT2D eigenvalue weighted by atomic mass is 16.8. The van der Waals surface area contributed by atoms with Gasteiger partial charge in [-0.05, 0) is 12.8 Å². The summed E-state index contributed by atoms with van der Waals surface area (Å²) < 4.78 is 22.6. The van der Waals surface area contributed by atoms with Crippen molar-refractivity contribution in [3.05, 3.63) is 0 Å². The fraction of sp³-hybridized carbons (Fsp3) is 0.950. The van der Waals surface area contributed by atoms with E-state index in [4.69, 9.17) is 24.1 Å². The lowest BCUT2D eigenvalue weighted by molar-refractivity contribution is -0.324. The van der Waals surface area contributed by atoms with Crippen molar-refractivity contribution in [3.63, 3.8) is 0 Å². The summed E-state index contributed by atoms with van der Waals surface area (Å²) in [6, 6.07) is 0. The first-order valence-corrected chi connectivity index (χ1v) is 10.8. The first kappa shape index (κ1) is 27.3. The van der Waals surface area contributed by atoms with Gasteiger partial charge in [-0.2, -0.15) is 0 Å². The molecule has 0 aromatic rings. The van der Waals surface area contributed by atoms with E-state index in [1.165, 1.54) is 6.92 Å². The Morgan fingerprint density at radius 3 is 2.25 bits per heavy atom. The number of ether oxygens (including phenoxy) is 4. The van der Waals surface area contributed by atoms with Crippen molar-refractivity contribution < 1.29 is 59.5 Å². The molecule has 2 rings (SSSR count). The summed E-state index contributed by atoms with van der Waals surface area (Å²) in [4.78, 5) is 10.9. The highest BCUT2D eigenvalue weighted by molar-refractivity contribution is 5.67. The number of aliphatic hydroxyl groups excluding tert-OH is 6. The summed E-state index contributed by atoms with van der Waals surface area (Å²) in [6.07, 6.45) is -13.4. The second-order valence-electron chi connectivity index (χ2n) is 8.55. The molecule has 12 nitrogen and oxygen atoms in total. The lowest BCUT2D eigenvalue weighted by Gasteiger charge is -2.40. The van der Waals surface area contributed by atoms with Crippen molar-refractivity contribution in [2.24, 2.45) is 5.92 Å². The van der Waals surface area contributed by atoms with Crippen molar-refractivity contribution in [1.29, 1.82) is 0 Å². The van der Waals surface area contributed by atoms with E-state index < -0.39 is 86.5 Å². The van der Waals surface area contributed by atoms with Crippen LogP contribution in [-0.4, -0.2) is 116 Å². The Kier molecular flexibility index (Phi) is 10.2. The quantitative estimate of drug-likeness (QED) is 0.175. The molecule has 0 aromatic carbocycles. The van der Waals surface area contributed by atoms with Gasteiger partial charge >= 0.3 is 5.97 Å². The molecule has 0 spiro atoms. The molecule has 188 valence electrons. The zero-order valence-electron chi connectivity index (χ0n) is 18.4. The van der Waals surface area contributed by atoms with Gasteiger partial charge in [0.1, 0.15) is 36.6 Å². The first-order valence-electron chi connectivity index (χ1n) is 10.8. The summed E-state index contributed by atoms with van der Waals surface area (Å²) in [5, 5.41) is 69.2. The van der Waals surface area contributed by atoms with Gasteiger partial charge in [0, 0.05) is 6.42 Å². The monoisotopic (exact) mass is 468 g/mol. The van der Waals surface area contributed by atoms with Gasteiger partial charge in [0.25, 0.3) is 0 Å². The maximum Gasteiger partial charge on any atom is 0.305 e. The molecule has 0 saturated carbocycles. The van der Waals surface area contributed by atoms with Crippen LogP contribution >= 0.6 is 0 Å². The third-order valence-corrected chi connectivity index (χ3v) is 6.08. The maximum absolute atomic E-state index is 10.9. The Bertz CT molecular complexity index is 591. The second-order valence-corrected chi connectivity index (χ2v) is 8.55. The molecule has 2 aliphatic rings. The predicted octanol–water partition coefficient (Wildman–Crippen LogP) is -2.07. The van der Waals surface area contributed by atoms with E-state index in [9.17, 15) is 35.4 Å². The van der Waals surface area contributed by atoms with Crippen LogP contribution in [0.1, 0.15) is 40.0 Å². The molecular formula is C20H36O12. The largest absolute Gasteiger partial charge is 0.481 e. The molecule has 32 heavy (non-hydrogen) atoms. The molecule has 0 unspecified atom stereocenters. The second kappa shape index (κ2) is 12.0. The molecule has 0 aliphatic carbocycles. The van der Waals surface area contributed by atoms with Crippen molar-refractivity contribution in [2.45, 2.75) is 108 Å². The van der Waals surface area contributed by atoms with Crippen LogP contribution in [0, 0.1) is 5.92 Å². The number of aliphatic hydroxyl groups is 6. The third-order valence-electron chi connectivity index (χ3n) is 6.08. The summed E-state index contributed by atoms with van der Waals surface area (Å²) in [5.41, 5.74) is 0. The van der Waals surface area contributed by atoms with Crippen molar-refractivity contribution in [3.8, 4) is 0 Å². The average Bonchev–Trinajstić information content (AvgIpc) is 3.03. The molecule has 0 amide bonds. The van der Waals surface area contributed by atoms with E-state index in [1.807, 2.05) is 13.8 Å². The Balaban J connectivity index is 2.16. The fourth-order valence-corrected chi connectivity index (χ4v) is 3.80. The molecule has 12 atom stereocenters. The third kappa shape index (κ3) is 6.56. The zero-order valence-corrected chi connectivity index (χ0v) is 18.4. The van der Waals surface area contributed by atoms with Crippen LogP contribution in [0.2, 0.25) is 0 Å². The van der Waals surface area contributed by atoms with Crippen LogP contribution in [0.5, 0.6) is 0 Å². The summed E-state index contributed by atoms with van der Waals surface area (Å²) in [5.74, 6) is -1.28. The van der Waals surface area contributed by atoms with Crippen LogP contribution in [0.4, 0.5) is 0 Å². The average molecular weight is 468 g/mol. The first-order chi connectivity index (χ1) is 15.0.